The van der Waals surface area contributed by atoms with Gasteiger partial charge in [-0.1, -0.05) is 27.5 Å². The van der Waals surface area contributed by atoms with E-state index in [4.69, 9.17) is 16.3 Å². The zero-order valence-electron chi connectivity index (χ0n) is 15.6. The normalized spacial score (nSPS) is 15.1. The number of thioether (sulfide) groups is 1. The van der Waals surface area contributed by atoms with Gasteiger partial charge in [0.15, 0.2) is 0 Å². The van der Waals surface area contributed by atoms with Crippen molar-refractivity contribution in [3.8, 4) is 5.75 Å². The molecule has 156 valence electrons. The number of anilines is 1. The minimum Gasteiger partial charge on any atom is -0.493 e. The number of hydrogen-bond acceptors (Lipinski definition) is 5. The molecule has 0 aliphatic carbocycles. The van der Waals surface area contributed by atoms with Crippen LogP contribution >= 0.6 is 39.3 Å². The average Bonchev–Trinajstić information content (AvgIpc) is 2.94. The minimum absolute atomic E-state index is 0.152. The Bertz CT molecular complexity index is 1060. The number of halogens is 3. The number of hydrogen-bond donors (Lipinski definition) is 1. The Morgan fingerprint density at radius 3 is 2.77 bits per heavy atom. The molecule has 3 amide bonds. The van der Waals surface area contributed by atoms with E-state index in [1.165, 1.54) is 12.1 Å². The molecule has 1 fully saturated rings. The van der Waals surface area contributed by atoms with Gasteiger partial charge in [0, 0.05) is 15.7 Å². The lowest BCUT2D eigenvalue weighted by atomic mass is 10.2. The number of benzene rings is 2. The van der Waals surface area contributed by atoms with Gasteiger partial charge in [-0.05, 0) is 61.2 Å². The lowest BCUT2D eigenvalue weighted by molar-refractivity contribution is -0.127. The van der Waals surface area contributed by atoms with E-state index < -0.39 is 29.4 Å². The second-order valence-electron chi connectivity index (χ2n) is 6.06. The summed E-state index contributed by atoms with van der Waals surface area (Å²) in [6, 6.07) is 9.00. The Balaban J connectivity index is 1.74. The third-order valence-corrected chi connectivity index (χ3v) is 5.63. The molecule has 2 aromatic carbocycles. The fourth-order valence-corrected chi connectivity index (χ4v) is 4.00. The molecule has 0 atom stereocenters. The van der Waals surface area contributed by atoms with Crippen molar-refractivity contribution in [3.63, 3.8) is 0 Å². The molecular formula is C20H15BrClFN2O4S. The van der Waals surface area contributed by atoms with Gasteiger partial charge in [0.05, 0.1) is 16.5 Å². The van der Waals surface area contributed by atoms with Gasteiger partial charge in [0.2, 0.25) is 5.91 Å². The van der Waals surface area contributed by atoms with Crippen LogP contribution in [0.1, 0.15) is 12.5 Å². The SMILES string of the molecule is CCOc1ccc(Br)cc1/C=C1/SC(=O)N(CC(=O)Nc2ccc(F)c(Cl)c2)C1=O. The zero-order chi connectivity index (χ0) is 21.8. The molecular weight excluding hydrogens is 499 g/mol. The summed E-state index contributed by atoms with van der Waals surface area (Å²) in [5, 5.41) is 1.77. The number of ether oxygens (including phenoxy) is 1. The van der Waals surface area contributed by atoms with Crippen molar-refractivity contribution in [2.45, 2.75) is 6.92 Å². The molecule has 0 bridgehead atoms. The molecule has 3 rings (SSSR count). The Hall–Kier alpha value is -2.36. The summed E-state index contributed by atoms with van der Waals surface area (Å²) in [5.41, 5.74) is 0.881. The highest BCUT2D eigenvalue weighted by molar-refractivity contribution is 9.10. The van der Waals surface area contributed by atoms with Gasteiger partial charge in [0.25, 0.3) is 11.1 Å². The number of carbonyl (C=O) groups is 3. The Kier molecular flexibility index (Phi) is 7.17. The predicted molar refractivity (Wildman–Crippen MR) is 118 cm³/mol. The highest BCUT2D eigenvalue weighted by Crippen LogP contribution is 2.35. The number of nitrogens with zero attached hydrogens (tertiary/aromatic N) is 1. The molecule has 1 aliphatic heterocycles. The van der Waals surface area contributed by atoms with Crippen molar-refractivity contribution < 1.29 is 23.5 Å². The van der Waals surface area contributed by atoms with Crippen LogP contribution in [0, 0.1) is 5.82 Å². The van der Waals surface area contributed by atoms with Crippen molar-refractivity contribution in [2.24, 2.45) is 0 Å². The quantitative estimate of drug-likeness (QED) is 0.530. The summed E-state index contributed by atoms with van der Waals surface area (Å²) < 4.78 is 19.6. The van der Waals surface area contributed by atoms with Crippen LogP contribution in [0.5, 0.6) is 5.75 Å². The van der Waals surface area contributed by atoms with Gasteiger partial charge in [-0.15, -0.1) is 0 Å². The Labute approximate surface area is 189 Å². The third-order valence-electron chi connectivity index (χ3n) is 3.94. The maximum atomic E-state index is 13.2. The van der Waals surface area contributed by atoms with Crippen LogP contribution in [0.4, 0.5) is 14.9 Å². The van der Waals surface area contributed by atoms with Crippen molar-refractivity contribution in [2.75, 3.05) is 18.5 Å². The molecule has 10 heteroatoms. The van der Waals surface area contributed by atoms with E-state index in [0.29, 0.717) is 17.9 Å². The first-order valence-electron chi connectivity index (χ1n) is 8.71. The van der Waals surface area contributed by atoms with Gasteiger partial charge < -0.3 is 10.1 Å². The van der Waals surface area contributed by atoms with E-state index in [-0.39, 0.29) is 15.6 Å². The van der Waals surface area contributed by atoms with Crippen LogP contribution in [0.2, 0.25) is 5.02 Å². The van der Waals surface area contributed by atoms with E-state index in [9.17, 15) is 18.8 Å². The summed E-state index contributed by atoms with van der Waals surface area (Å²) in [6.45, 7) is 1.80. The van der Waals surface area contributed by atoms with Gasteiger partial charge in [-0.25, -0.2) is 4.39 Å². The molecule has 1 aliphatic rings. The fraction of sp³-hybridized carbons (Fsp3) is 0.150. The fourth-order valence-electron chi connectivity index (χ4n) is 2.61. The topological polar surface area (TPSA) is 75.7 Å². The Morgan fingerprint density at radius 2 is 2.07 bits per heavy atom. The van der Waals surface area contributed by atoms with Crippen LogP contribution in [-0.2, 0) is 9.59 Å². The van der Waals surface area contributed by atoms with Crippen LogP contribution in [0.3, 0.4) is 0 Å². The van der Waals surface area contributed by atoms with Crippen LogP contribution in [0.25, 0.3) is 6.08 Å². The summed E-state index contributed by atoms with van der Waals surface area (Å²) in [4.78, 5) is 38.2. The Morgan fingerprint density at radius 1 is 1.30 bits per heavy atom. The summed E-state index contributed by atoms with van der Waals surface area (Å²) in [5.74, 6) is -1.25. The van der Waals surface area contributed by atoms with Crippen LogP contribution in [-0.4, -0.2) is 35.1 Å². The average molecular weight is 514 g/mol. The number of nitrogens with one attached hydrogen (secondary N) is 1. The second-order valence-corrected chi connectivity index (χ2v) is 8.38. The molecule has 0 unspecified atom stereocenters. The van der Waals surface area contributed by atoms with Crippen LogP contribution in [0.15, 0.2) is 45.8 Å². The number of imide groups is 1. The lowest BCUT2D eigenvalue weighted by Crippen LogP contribution is -2.36. The maximum Gasteiger partial charge on any atom is 0.294 e. The van der Waals surface area contributed by atoms with Gasteiger partial charge in [-0.2, -0.15) is 0 Å². The predicted octanol–water partition coefficient (Wildman–Crippen LogP) is 5.32. The van der Waals surface area contributed by atoms with E-state index in [1.54, 1.807) is 24.3 Å². The lowest BCUT2D eigenvalue weighted by Gasteiger charge is -2.12. The zero-order valence-corrected chi connectivity index (χ0v) is 18.7. The highest BCUT2D eigenvalue weighted by Gasteiger charge is 2.36. The maximum absolute atomic E-state index is 13.2. The molecule has 0 saturated carbocycles. The van der Waals surface area contributed by atoms with Gasteiger partial charge >= 0.3 is 0 Å². The summed E-state index contributed by atoms with van der Waals surface area (Å²) in [7, 11) is 0. The summed E-state index contributed by atoms with van der Waals surface area (Å²) >= 11 is 9.80. The largest absolute Gasteiger partial charge is 0.493 e. The van der Waals surface area contributed by atoms with Crippen LogP contribution < -0.4 is 10.1 Å². The molecule has 0 spiro atoms. The standard InChI is InChI=1S/C20H15BrClFN2O4S/c1-2-29-16-6-3-12(21)7-11(16)8-17-19(27)25(20(28)30-17)10-18(26)24-13-4-5-15(23)14(22)9-13/h3-9H,2,10H2,1H3,(H,24,26)/b17-8+. The van der Waals surface area contributed by atoms with Crippen molar-refractivity contribution in [3.05, 3.63) is 62.2 Å². The molecule has 0 radical (unpaired) electrons. The van der Waals surface area contributed by atoms with E-state index in [2.05, 4.69) is 21.2 Å². The number of carbonyl (C=O) groups excluding carboxylic acids is 3. The molecule has 1 saturated heterocycles. The van der Waals surface area contributed by atoms with Gasteiger partial charge in [0.1, 0.15) is 18.1 Å². The number of amides is 3. The highest BCUT2D eigenvalue weighted by atomic mass is 79.9. The molecule has 1 N–H and O–H groups in total. The second kappa shape index (κ2) is 9.63. The third kappa shape index (κ3) is 5.21. The first-order valence-corrected chi connectivity index (χ1v) is 10.7. The monoisotopic (exact) mass is 512 g/mol. The first kappa shape index (κ1) is 22.3. The molecule has 6 nitrogen and oxygen atoms in total. The van der Waals surface area contributed by atoms with Crippen molar-refractivity contribution >= 4 is 68.1 Å². The van der Waals surface area contributed by atoms with Crippen molar-refractivity contribution in [1.29, 1.82) is 0 Å². The minimum atomic E-state index is -0.621. The molecule has 2 aromatic rings. The van der Waals surface area contributed by atoms with E-state index in [1.807, 2.05) is 6.92 Å². The summed E-state index contributed by atoms with van der Waals surface area (Å²) in [6.07, 6.45) is 1.55. The van der Waals surface area contributed by atoms with E-state index >= 15 is 0 Å². The molecule has 1 heterocycles. The number of rotatable bonds is 6. The molecule has 30 heavy (non-hydrogen) atoms. The van der Waals surface area contributed by atoms with Crippen molar-refractivity contribution in [1.82, 2.24) is 4.90 Å². The van der Waals surface area contributed by atoms with Gasteiger partial charge in [-0.3, -0.25) is 19.3 Å². The first-order chi connectivity index (χ1) is 14.3. The molecule has 0 aromatic heterocycles. The smallest absolute Gasteiger partial charge is 0.294 e. The van der Waals surface area contributed by atoms with E-state index in [0.717, 1.165) is 27.2 Å².